The Bertz CT molecular complexity index is 991. The first-order chi connectivity index (χ1) is 14.8. The third-order valence-corrected chi connectivity index (χ3v) is 6.79. The molecule has 0 saturated heterocycles. The molecule has 0 saturated carbocycles. The Hall–Kier alpha value is -2.62. The lowest BCUT2D eigenvalue weighted by atomic mass is 9.97. The van der Waals surface area contributed by atoms with Crippen LogP contribution in [0.2, 0.25) is 0 Å². The highest BCUT2D eigenvalue weighted by molar-refractivity contribution is 7.97. The molecular weight excluding hydrogens is 467 g/mol. The van der Waals surface area contributed by atoms with Crippen LogP contribution >= 0.6 is 0 Å². The molecule has 0 aliphatic heterocycles. The summed E-state index contributed by atoms with van der Waals surface area (Å²) in [6.45, 7) is 0. The van der Waals surface area contributed by atoms with Crippen LogP contribution in [0, 0.1) is 0 Å². The van der Waals surface area contributed by atoms with E-state index in [-0.39, 0.29) is 0 Å². The molecule has 0 atom stereocenters. The quantitative estimate of drug-likeness (QED) is 0.250. The molecular formula is C22H14F9S+. The van der Waals surface area contributed by atoms with Crippen LogP contribution in [0.5, 0.6) is 0 Å². The van der Waals surface area contributed by atoms with Gasteiger partial charge in [0.1, 0.15) is 0 Å². The number of rotatable bonds is 6. The van der Waals surface area contributed by atoms with E-state index in [1.165, 1.54) is 0 Å². The Kier molecular flexibility index (Phi) is 6.29. The molecule has 3 aromatic rings. The van der Waals surface area contributed by atoms with E-state index in [9.17, 15) is 39.5 Å². The molecule has 0 aliphatic carbocycles. The summed E-state index contributed by atoms with van der Waals surface area (Å²) in [5.41, 5.74) is -1.65. The zero-order chi connectivity index (χ0) is 23.8. The summed E-state index contributed by atoms with van der Waals surface area (Å²) >= 11 is 0. The molecule has 0 aliphatic rings. The fourth-order valence-electron chi connectivity index (χ4n) is 2.88. The van der Waals surface area contributed by atoms with Gasteiger partial charge in [-0.1, -0.05) is 36.4 Å². The van der Waals surface area contributed by atoms with Gasteiger partial charge in [0.25, 0.3) is 0 Å². The molecule has 0 heterocycles. The number of halogens is 9. The van der Waals surface area contributed by atoms with Crippen LogP contribution < -0.4 is 0 Å². The summed E-state index contributed by atoms with van der Waals surface area (Å²) in [6.07, 6.45) is -6.85. The average molecular weight is 481 g/mol. The minimum Gasteiger partial charge on any atom is -0.194 e. The standard InChI is InChI=1S/C22H14F9S/c23-19(24,20(25,26)21(27,28)22(29,30)31)15-11-13-18(14-12-15)32(16-7-3-1-4-8-16)17-9-5-2-6-10-17/h1-14H/q+1. The smallest absolute Gasteiger partial charge is 0.194 e. The molecule has 0 unspecified atom stereocenters. The Balaban J connectivity index is 2.04. The van der Waals surface area contributed by atoms with Crippen molar-refractivity contribution in [2.75, 3.05) is 0 Å². The minimum absolute atomic E-state index is 0.382. The van der Waals surface area contributed by atoms with Crippen molar-refractivity contribution in [2.24, 2.45) is 0 Å². The molecule has 10 heteroatoms. The van der Waals surface area contributed by atoms with Crippen molar-refractivity contribution in [3.05, 3.63) is 90.5 Å². The van der Waals surface area contributed by atoms with Crippen LogP contribution in [0.15, 0.2) is 99.6 Å². The van der Waals surface area contributed by atoms with Gasteiger partial charge in [-0.25, -0.2) is 0 Å². The van der Waals surface area contributed by atoms with E-state index in [1.54, 1.807) is 60.7 Å². The first-order valence-electron chi connectivity index (χ1n) is 8.96. The highest BCUT2D eigenvalue weighted by atomic mass is 32.2. The molecule has 3 aromatic carbocycles. The van der Waals surface area contributed by atoms with Crippen LogP contribution in [-0.2, 0) is 16.8 Å². The van der Waals surface area contributed by atoms with E-state index in [1.807, 2.05) is 0 Å². The van der Waals surface area contributed by atoms with Gasteiger partial charge in [0.15, 0.2) is 14.7 Å². The van der Waals surface area contributed by atoms with E-state index in [0.29, 0.717) is 17.0 Å². The van der Waals surface area contributed by atoms with Crippen LogP contribution in [0.4, 0.5) is 39.5 Å². The van der Waals surface area contributed by atoms with Crippen LogP contribution in [-0.4, -0.2) is 18.0 Å². The van der Waals surface area contributed by atoms with E-state index >= 15 is 0 Å². The third-order valence-electron chi connectivity index (χ3n) is 4.56. The molecule has 0 nitrogen and oxygen atoms in total. The van der Waals surface area contributed by atoms with Gasteiger partial charge in [-0.3, -0.25) is 0 Å². The fraction of sp³-hybridized carbons (Fsp3) is 0.182. The van der Waals surface area contributed by atoms with Crippen molar-refractivity contribution in [3.8, 4) is 0 Å². The van der Waals surface area contributed by atoms with Gasteiger partial charge >= 0.3 is 23.9 Å². The number of alkyl halides is 9. The van der Waals surface area contributed by atoms with Gasteiger partial charge < -0.3 is 0 Å². The summed E-state index contributed by atoms with van der Waals surface area (Å²) in [6, 6.07) is 20.4. The van der Waals surface area contributed by atoms with Crippen molar-refractivity contribution in [1.29, 1.82) is 0 Å². The molecule has 32 heavy (non-hydrogen) atoms. The van der Waals surface area contributed by atoms with E-state index in [2.05, 4.69) is 0 Å². The van der Waals surface area contributed by atoms with E-state index in [4.69, 9.17) is 0 Å². The predicted molar refractivity (Wildman–Crippen MR) is 101 cm³/mol. The highest BCUT2D eigenvalue weighted by Crippen LogP contribution is 2.56. The van der Waals surface area contributed by atoms with Crippen LogP contribution in [0.3, 0.4) is 0 Å². The van der Waals surface area contributed by atoms with Gasteiger partial charge in [0, 0.05) is 5.56 Å². The Labute approximate surface area is 180 Å². The van der Waals surface area contributed by atoms with Gasteiger partial charge in [-0.15, -0.1) is 0 Å². The summed E-state index contributed by atoms with van der Waals surface area (Å²) in [7, 11) is -0.863. The van der Waals surface area contributed by atoms with Crippen molar-refractivity contribution in [1.82, 2.24) is 0 Å². The second kappa shape index (κ2) is 8.38. The summed E-state index contributed by atoms with van der Waals surface area (Å²) in [5.74, 6) is -19.4. The number of benzene rings is 3. The molecule has 0 bridgehead atoms. The minimum atomic E-state index is -6.93. The lowest BCUT2D eigenvalue weighted by Crippen LogP contribution is -2.59. The fourth-order valence-corrected chi connectivity index (χ4v) is 4.96. The maximum Gasteiger partial charge on any atom is 0.460 e. The molecule has 0 radical (unpaired) electrons. The second-order valence-corrected chi connectivity index (χ2v) is 8.70. The monoisotopic (exact) mass is 481 g/mol. The first kappa shape index (κ1) is 24.0. The topological polar surface area (TPSA) is 0 Å². The Morgan fingerprint density at radius 1 is 0.438 bits per heavy atom. The second-order valence-electron chi connectivity index (χ2n) is 6.68. The normalized spacial score (nSPS) is 13.4. The van der Waals surface area contributed by atoms with Gasteiger partial charge in [-0.2, -0.15) is 39.5 Å². The van der Waals surface area contributed by atoms with Gasteiger partial charge in [0.05, 0.1) is 10.9 Å². The number of hydrogen-bond acceptors (Lipinski definition) is 0. The van der Waals surface area contributed by atoms with Crippen molar-refractivity contribution in [2.45, 2.75) is 38.6 Å². The predicted octanol–water partition coefficient (Wildman–Crippen LogP) is 7.71. The third kappa shape index (κ3) is 4.07. The molecule has 170 valence electrons. The van der Waals surface area contributed by atoms with E-state index < -0.39 is 40.4 Å². The summed E-state index contributed by atoms with van der Waals surface area (Å²) < 4.78 is 119. The Morgan fingerprint density at radius 3 is 1.19 bits per heavy atom. The summed E-state index contributed by atoms with van der Waals surface area (Å²) in [4.78, 5) is 1.90. The zero-order valence-electron chi connectivity index (χ0n) is 15.9. The van der Waals surface area contributed by atoms with Gasteiger partial charge in [-0.05, 0) is 48.5 Å². The van der Waals surface area contributed by atoms with Crippen molar-refractivity contribution < 1.29 is 39.5 Å². The SMILES string of the molecule is FC(F)(F)C(F)(F)C(F)(F)C(F)(F)c1ccc([S+](c2ccccc2)c2ccccc2)cc1. The molecule has 0 N–H and O–H groups in total. The van der Waals surface area contributed by atoms with Crippen molar-refractivity contribution >= 4 is 10.9 Å². The van der Waals surface area contributed by atoms with E-state index in [0.717, 1.165) is 21.9 Å². The molecule has 3 rings (SSSR count). The number of hydrogen-bond donors (Lipinski definition) is 0. The zero-order valence-corrected chi connectivity index (χ0v) is 16.7. The molecule has 0 spiro atoms. The van der Waals surface area contributed by atoms with Gasteiger partial charge in [0.2, 0.25) is 0 Å². The summed E-state index contributed by atoms with van der Waals surface area (Å²) in [5, 5.41) is 0. The molecule has 0 amide bonds. The lowest BCUT2D eigenvalue weighted by molar-refractivity contribution is -0.399. The average Bonchev–Trinajstić information content (AvgIpc) is 2.75. The molecule has 0 aromatic heterocycles. The maximum absolute atomic E-state index is 14.2. The Morgan fingerprint density at radius 2 is 0.812 bits per heavy atom. The van der Waals surface area contributed by atoms with Crippen LogP contribution in [0.25, 0.3) is 0 Å². The highest BCUT2D eigenvalue weighted by Gasteiger charge is 2.82. The maximum atomic E-state index is 14.2. The largest absolute Gasteiger partial charge is 0.460 e. The first-order valence-corrected chi connectivity index (χ1v) is 10.2. The van der Waals surface area contributed by atoms with Crippen LogP contribution in [0.1, 0.15) is 5.56 Å². The lowest BCUT2D eigenvalue weighted by Gasteiger charge is -2.33. The van der Waals surface area contributed by atoms with Crippen molar-refractivity contribution in [3.63, 3.8) is 0 Å². The molecule has 0 fully saturated rings.